The van der Waals surface area contributed by atoms with Crippen molar-refractivity contribution in [3.8, 4) is 0 Å². The van der Waals surface area contributed by atoms with Gasteiger partial charge in [0.2, 0.25) is 0 Å². The maximum absolute atomic E-state index is 12.3. The summed E-state index contributed by atoms with van der Waals surface area (Å²) in [6, 6.07) is 6.63. The van der Waals surface area contributed by atoms with E-state index in [-0.39, 0.29) is 26.4 Å². The van der Waals surface area contributed by atoms with Crippen LogP contribution in [0.3, 0.4) is 0 Å². The first kappa shape index (κ1) is 36.5. The summed E-state index contributed by atoms with van der Waals surface area (Å²) in [5.74, 6) is -0.529. The predicted octanol–water partition coefficient (Wildman–Crippen LogP) is 1.61. The van der Waals surface area contributed by atoms with Crippen LogP contribution in [0.15, 0.2) is 46.7 Å². The van der Waals surface area contributed by atoms with Crippen molar-refractivity contribution in [3.05, 3.63) is 68.0 Å². The van der Waals surface area contributed by atoms with Crippen molar-refractivity contribution in [2.75, 3.05) is 38.9 Å². The first-order valence-electron chi connectivity index (χ1n) is 13.7. The van der Waals surface area contributed by atoms with E-state index in [0.717, 1.165) is 0 Å². The van der Waals surface area contributed by atoms with Crippen molar-refractivity contribution in [3.63, 3.8) is 0 Å². The van der Waals surface area contributed by atoms with Gasteiger partial charge in [-0.3, -0.25) is 4.79 Å². The predicted molar refractivity (Wildman–Crippen MR) is 160 cm³/mol. The number of thioether (sulfide) groups is 2. The van der Waals surface area contributed by atoms with Crippen molar-refractivity contribution < 1.29 is 58.2 Å². The van der Waals surface area contributed by atoms with Gasteiger partial charge in [-0.05, 0) is 48.4 Å². The Morgan fingerprint density at radius 1 is 0.809 bits per heavy atom. The summed E-state index contributed by atoms with van der Waals surface area (Å²) >= 11 is 8.04. The molecule has 0 bridgehead atoms. The van der Waals surface area contributed by atoms with Crippen LogP contribution in [-0.2, 0) is 33.4 Å². The van der Waals surface area contributed by atoms with Crippen LogP contribution >= 0.6 is 35.1 Å². The molecule has 256 valence electrons. The second-order valence-corrected chi connectivity index (χ2v) is 11.8. The Labute approximate surface area is 279 Å². The molecule has 8 atom stereocenters. The third-order valence-corrected chi connectivity index (χ3v) is 8.63. The summed E-state index contributed by atoms with van der Waals surface area (Å²) in [5, 5.41) is 28.8. The fourth-order valence-electron chi connectivity index (χ4n) is 4.99. The number of nitrogens with zero attached hydrogens (tertiary/aromatic N) is 4. The molecule has 0 saturated carbocycles. The molecule has 18 nitrogen and oxygen atoms in total. The number of ether oxygens (including phenoxy) is 5. The van der Waals surface area contributed by atoms with Gasteiger partial charge in [0.15, 0.2) is 18.3 Å². The normalized spacial score (nSPS) is 28.4. The lowest BCUT2D eigenvalue weighted by Crippen LogP contribution is -2.35. The zero-order chi connectivity index (χ0) is 34.1. The molecule has 4 aliphatic rings. The maximum Gasteiger partial charge on any atom is 0.341 e. The highest BCUT2D eigenvalue weighted by atomic mass is 35.5. The van der Waals surface area contributed by atoms with E-state index in [1.54, 1.807) is 36.7 Å². The molecular weight excluding hydrogens is 692 g/mol. The average Bonchev–Trinajstić information content (AvgIpc) is 3.83. The third-order valence-electron chi connectivity index (χ3n) is 7.01. The molecule has 4 fully saturated rings. The second-order valence-electron chi connectivity index (χ2n) is 9.83. The number of carbonyl (C=O) groups excluding carboxylic acids is 2. The second kappa shape index (κ2) is 17.2. The van der Waals surface area contributed by atoms with Crippen LogP contribution in [0.2, 0.25) is 0 Å². The molecule has 0 radical (unpaired) electrons. The Hall–Kier alpha value is -3.37. The van der Waals surface area contributed by atoms with E-state index in [1.807, 2.05) is 12.5 Å². The number of fused-ring (bicyclic) bond motifs is 2. The first-order valence-corrected chi connectivity index (χ1v) is 16.5. The van der Waals surface area contributed by atoms with E-state index >= 15 is 0 Å². The van der Waals surface area contributed by atoms with Crippen molar-refractivity contribution in [2.24, 2.45) is 0 Å². The van der Waals surface area contributed by atoms with Gasteiger partial charge >= 0.3 is 5.97 Å². The SMILES string of the molecule is CSc1ncccc1C(=O)Cl.CSc1ncccc1C(=O)OC1COC2C(O[N+](=O)[O-])COC12.O=[N+]([O-])OC1COC2C(O)COC12. The van der Waals surface area contributed by atoms with Crippen LogP contribution in [0.4, 0.5) is 0 Å². The molecule has 21 heteroatoms. The molecule has 4 aliphatic heterocycles. The van der Waals surface area contributed by atoms with E-state index in [9.17, 15) is 34.9 Å². The molecule has 6 heterocycles. The van der Waals surface area contributed by atoms with E-state index < -0.39 is 70.2 Å². The lowest BCUT2D eigenvalue weighted by atomic mass is 10.1. The molecule has 4 saturated heterocycles. The van der Waals surface area contributed by atoms with Crippen LogP contribution in [0, 0.1) is 20.2 Å². The summed E-state index contributed by atoms with van der Waals surface area (Å²) in [6.45, 7) is 0.362. The molecule has 1 N–H and O–H groups in total. The number of carbonyl (C=O) groups is 2. The van der Waals surface area contributed by atoms with Crippen LogP contribution < -0.4 is 0 Å². The zero-order valence-corrected chi connectivity index (χ0v) is 27.0. The van der Waals surface area contributed by atoms with E-state index in [4.69, 9.17) is 35.3 Å². The number of pyridine rings is 2. The smallest absolute Gasteiger partial charge is 0.341 e. The lowest BCUT2D eigenvalue weighted by Gasteiger charge is -2.17. The average molecular weight is 721 g/mol. The summed E-state index contributed by atoms with van der Waals surface area (Å²) in [5.41, 5.74) is 0.834. The number of hydrogen-bond donors (Lipinski definition) is 1. The van der Waals surface area contributed by atoms with Crippen molar-refractivity contribution in [2.45, 2.75) is 58.9 Å². The highest BCUT2D eigenvalue weighted by molar-refractivity contribution is 7.98. The first-order chi connectivity index (χ1) is 22.5. The molecule has 0 spiro atoms. The molecule has 0 amide bonds. The molecule has 0 aromatic carbocycles. The number of rotatable bonds is 9. The number of halogens is 1. The van der Waals surface area contributed by atoms with Crippen LogP contribution in [0.1, 0.15) is 20.7 Å². The highest BCUT2D eigenvalue weighted by Crippen LogP contribution is 2.32. The minimum absolute atomic E-state index is 0.0211. The van der Waals surface area contributed by atoms with Gasteiger partial charge < -0.3 is 38.5 Å². The van der Waals surface area contributed by atoms with Gasteiger partial charge in [-0.15, -0.1) is 43.8 Å². The number of aliphatic hydroxyl groups excluding tert-OH is 1. The molecule has 2 aromatic heterocycles. The Kier molecular flexibility index (Phi) is 13.3. The third kappa shape index (κ3) is 9.38. The Bertz CT molecular complexity index is 1430. The van der Waals surface area contributed by atoms with Crippen LogP contribution in [0.5, 0.6) is 0 Å². The summed E-state index contributed by atoms with van der Waals surface area (Å²) in [4.78, 5) is 60.4. The van der Waals surface area contributed by atoms with Gasteiger partial charge in [-0.1, -0.05) is 0 Å². The molecule has 2 aromatic rings. The quantitative estimate of drug-likeness (QED) is 0.127. The summed E-state index contributed by atoms with van der Waals surface area (Å²) in [6.07, 6.45) is 1.85. The van der Waals surface area contributed by atoms with Gasteiger partial charge in [0.25, 0.3) is 15.4 Å². The maximum atomic E-state index is 12.3. The number of esters is 1. The topological polar surface area (TPSA) is 231 Å². The van der Waals surface area contributed by atoms with Crippen LogP contribution in [0.25, 0.3) is 0 Å². The molecule has 6 rings (SSSR count). The fourth-order valence-corrected chi connectivity index (χ4v) is 6.28. The molecule has 47 heavy (non-hydrogen) atoms. The highest BCUT2D eigenvalue weighted by Gasteiger charge is 2.51. The van der Waals surface area contributed by atoms with Gasteiger partial charge in [0.05, 0.1) is 37.6 Å². The standard InChI is InChI=1S/C13H14N2O7S.C7H6ClNOS.C6H9NO6/c1-23-12-7(3-2-4-14-12)13(16)21-8-5-19-11-9(22-15(17)18)6-20-10(8)11;1-11-7-5(6(8)10)3-2-4-9-7;8-3-1-11-6-4(13-7(9)10)2-12-5(3)6/h2-4,8-11H,5-6H2,1H3;2-4H,1H3;3-6,8H,1-2H2. The lowest BCUT2D eigenvalue weighted by molar-refractivity contribution is -0.769. The summed E-state index contributed by atoms with van der Waals surface area (Å²) < 4.78 is 26.5. The molecule has 0 aliphatic carbocycles. The zero-order valence-electron chi connectivity index (χ0n) is 24.6. The summed E-state index contributed by atoms with van der Waals surface area (Å²) in [7, 11) is 0. The number of aliphatic hydroxyl groups is 1. The van der Waals surface area contributed by atoms with Crippen molar-refractivity contribution >= 4 is 46.3 Å². The Morgan fingerprint density at radius 3 is 1.77 bits per heavy atom. The minimum Gasteiger partial charge on any atom is -0.453 e. The van der Waals surface area contributed by atoms with Gasteiger partial charge in [-0.25, -0.2) is 14.8 Å². The fraction of sp³-hybridized carbons (Fsp3) is 0.538. The van der Waals surface area contributed by atoms with Gasteiger partial charge in [0.1, 0.15) is 40.6 Å². The van der Waals surface area contributed by atoms with Crippen molar-refractivity contribution in [1.82, 2.24) is 9.97 Å². The van der Waals surface area contributed by atoms with Crippen LogP contribution in [-0.4, -0.2) is 124 Å². The number of aromatic nitrogens is 2. The monoisotopic (exact) mass is 720 g/mol. The van der Waals surface area contributed by atoms with Gasteiger partial charge in [0, 0.05) is 12.4 Å². The Morgan fingerprint density at radius 2 is 1.26 bits per heavy atom. The molecule has 8 unspecified atom stereocenters. The van der Waals surface area contributed by atoms with E-state index in [1.165, 1.54) is 23.5 Å². The van der Waals surface area contributed by atoms with Gasteiger partial charge in [-0.2, -0.15) is 0 Å². The Balaban J connectivity index is 0.000000176. The number of hydrogen-bond acceptors (Lipinski definition) is 18. The largest absolute Gasteiger partial charge is 0.453 e. The minimum atomic E-state index is -0.876. The van der Waals surface area contributed by atoms with E-state index in [0.29, 0.717) is 21.2 Å². The molecular formula is C26H29ClN4O14S2. The van der Waals surface area contributed by atoms with E-state index in [2.05, 4.69) is 19.6 Å². The van der Waals surface area contributed by atoms with Crippen molar-refractivity contribution in [1.29, 1.82) is 0 Å².